The predicted molar refractivity (Wildman–Crippen MR) is 108 cm³/mol. The van der Waals surface area contributed by atoms with Crippen LogP contribution in [0.5, 0.6) is 0 Å². The summed E-state index contributed by atoms with van der Waals surface area (Å²) in [5.74, 6) is -2.57. The molecule has 28 heavy (non-hydrogen) atoms. The van der Waals surface area contributed by atoms with Gasteiger partial charge in [0, 0.05) is 24.5 Å². The molecule has 1 aromatic carbocycles. The molecule has 5 nitrogen and oxygen atoms in total. The van der Waals surface area contributed by atoms with E-state index in [1.807, 2.05) is 0 Å². The van der Waals surface area contributed by atoms with Gasteiger partial charge in [0.05, 0.1) is 11.6 Å². The quantitative estimate of drug-likeness (QED) is 0.676. The van der Waals surface area contributed by atoms with E-state index in [-0.39, 0.29) is 36.2 Å². The first-order valence-electron chi connectivity index (χ1n) is 9.39. The van der Waals surface area contributed by atoms with Crippen LogP contribution >= 0.6 is 24.2 Å². The fourth-order valence-electron chi connectivity index (χ4n) is 3.71. The van der Waals surface area contributed by atoms with E-state index in [0.717, 1.165) is 32.2 Å². The molecule has 2 saturated heterocycles. The van der Waals surface area contributed by atoms with E-state index in [1.165, 1.54) is 0 Å². The minimum Gasteiger partial charge on any atom is -0.354 e. The summed E-state index contributed by atoms with van der Waals surface area (Å²) in [5.41, 5.74) is 0.322. The largest absolute Gasteiger partial charge is 0.354 e. The summed E-state index contributed by atoms with van der Waals surface area (Å²) < 4.78 is 25.5. The number of hydrogen-bond donors (Lipinski definition) is 2. The van der Waals surface area contributed by atoms with Crippen LogP contribution in [0.15, 0.2) is 29.2 Å². The van der Waals surface area contributed by atoms with Crippen molar-refractivity contribution in [3.05, 3.63) is 29.8 Å². The van der Waals surface area contributed by atoms with Gasteiger partial charge in [-0.15, -0.1) is 12.4 Å². The Labute approximate surface area is 174 Å². The summed E-state index contributed by atoms with van der Waals surface area (Å²) in [6.45, 7) is 2.56. The average Bonchev–Trinajstić information content (AvgIpc) is 3.21. The molecule has 1 aromatic rings. The maximum Gasteiger partial charge on any atom is 0.288 e. The van der Waals surface area contributed by atoms with Gasteiger partial charge in [-0.3, -0.25) is 9.59 Å². The molecule has 2 N–H and O–H groups in total. The zero-order valence-electron chi connectivity index (χ0n) is 15.5. The molecule has 0 radical (unpaired) electrons. The van der Waals surface area contributed by atoms with E-state index >= 15 is 0 Å². The van der Waals surface area contributed by atoms with E-state index in [1.54, 1.807) is 29.2 Å². The number of hydrogen-bond acceptors (Lipinski definition) is 4. The minimum absolute atomic E-state index is 0. The van der Waals surface area contributed by atoms with E-state index < -0.39 is 5.76 Å². The molecule has 2 unspecified atom stereocenters. The SMILES string of the molecule is Cl.O=C(NCC1CCCN(C(=O)c2ccccc2SC(F)F)C1)C1CCCN1. The predicted octanol–water partition coefficient (Wildman–Crippen LogP) is 3.14. The number of nitrogens with zero attached hydrogens (tertiary/aromatic N) is 1. The Hall–Kier alpha value is -1.38. The molecule has 2 heterocycles. The maximum atomic E-state index is 12.9. The highest BCUT2D eigenvalue weighted by Gasteiger charge is 2.28. The van der Waals surface area contributed by atoms with Crippen LogP contribution in [-0.4, -0.2) is 54.7 Å². The van der Waals surface area contributed by atoms with Gasteiger partial charge in [0.1, 0.15) is 0 Å². The monoisotopic (exact) mass is 433 g/mol. The normalized spacial score (nSPS) is 22.0. The van der Waals surface area contributed by atoms with Gasteiger partial charge in [0.25, 0.3) is 11.7 Å². The van der Waals surface area contributed by atoms with Crippen molar-refractivity contribution in [2.24, 2.45) is 5.92 Å². The molecule has 0 aromatic heterocycles. The highest BCUT2D eigenvalue weighted by atomic mass is 35.5. The van der Waals surface area contributed by atoms with Gasteiger partial charge in [0.2, 0.25) is 5.91 Å². The van der Waals surface area contributed by atoms with Crippen LogP contribution in [-0.2, 0) is 4.79 Å². The van der Waals surface area contributed by atoms with Crippen LogP contribution in [0, 0.1) is 5.92 Å². The lowest BCUT2D eigenvalue weighted by atomic mass is 9.97. The number of carbonyl (C=O) groups is 2. The van der Waals surface area contributed by atoms with Crippen molar-refractivity contribution < 1.29 is 18.4 Å². The summed E-state index contributed by atoms with van der Waals surface area (Å²) in [7, 11) is 0. The third-order valence-corrected chi connectivity index (χ3v) is 5.87. The fourth-order valence-corrected chi connectivity index (χ4v) is 4.34. The lowest BCUT2D eigenvalue weighted by Gasteiger charge is -2.33. The van der Waals surface area contributed by atoms with E-state index in [4.69, 9.17) is 0 Å². The van der Waals surface area contributed by atoms with E-state index in [0.29, 0.717) is 41.9 Å². The zero-order chi connectivity index (χ0) is 19.2. The van der Waals surface area contributed by atoms with Crippen molar-refractivity contribution in [2.45, 2.75) is 42.4 Å². The second kappa shape index (κ2) is 11.0. The lowest BCUT2D eigenvalue weighted by Crippen LogP contribution is -2.46. The van der Waals surface area contributed by atoms with E-state index in [2.05, 4.69) is 10.6 Å². The van der Waals surface area contributed by atoms with Crippen molar-refractivity contribution >= 4 is 36.0 Å². The number of amides is 2. The molecule has 0 saturated carbocycles. The van der Waals surface area contributed by atoms with Crippen LogP contribution in [0.4, 0.5) is 8.78 Å². The van der Waals surface area contributed by atoms with Crippen molar-refractivity contribution in [1.29, 1.82) is 0 Å². The van der Waals surface area contributed by atoms with Crippen molar-refractivity contribution in [3.8, 4) is 0 Å². The highest BCUT2D eigenvalue weighted by molar-refractivity contribution is 7.99. The summed E-state index contributed by atoms with van der Waals surface area (Å²) in [6, 6.07) is 6.40. The Morgan fingerprint density at radius 3 is 2.75 bits per heavy atom. The van der Waals surface area contributed by atoms with Crippen molar-refractivity contribution in [2.75, 3.05) is 26.2 Å². The molecular formula is C19H26ClF2N3O2S. The number of likely N-dealkylation sites (tertiary alicyclic amines) is 1. The Morgan fingerprint density at radius 2 is 2.04 bits per heavy atom. The van der Waals surface area contributed by atoms with Gasteiger partial charge in [-0.2, -0.15) is 8.78 Å². The fraction of sp³-hybridized carbons (Fsp3) is 0.579. The van der Waals surface area contributed by atoms with Gasteiger partial charge in [-0.05, 0) is 50.3 Å². The van der Waals surface area contributed by atoms with Crippen LogP contribution in [0.2, 0.25) is 0 Å². The Bertz CT molecular complexity index is 674. The van der Waals surface area contributed by atoms with Gasteiger partial charge in [0.15, 0.2) is 0 Å². The molecular weight excluding hydrogens is 408 g/mol. The molecule has 9 heteroatoms. The van der Waals surface area contributed by atoms with Crippen molar-refractivity contribution in [3.63, 3.8) is 0 Å². The molecule has 3 rings (SSSR count). The molecule has 0 aliphatic carbocycles. The van der Waals surface area contributed by atoms with Crippen LogP contribution < -0.4 is 10.6 Å². The second-order valence-corrected chi connectivity index (χ2v) is 8.06. The van der Waals surface area contributed by atoms with Crippen molar-refractivity contribution in [1.82, 2.24) is 15.5 Å². The molecule has 2 fully saturated rings. The summed E-state index contributed by atoms with van der Waals surface area (Å²) in [4.78, 5) is 27.0. The first-order chi connectivity index (χ1) is 13.0. The first kappa shape index (κ1) is 22.9. The highest BCUT2D eigenvalue weighted by Crippen LogP contribution is 2.30. The van der Waals surface area contributed by atoms with Gasteiger partial charge >= 0.3 is 0 Å². The average molecular weight is 434 g/mol. The van der Waals surface area contributed by atoms with Gasteiger partial charge in [-0.1, -0.05) is 23.9 Å². The summed E-state index contributed by atoms with van der Waals surface area (Å²) in [5, 5.41) is 6.16. The molecule has 0 bridgehead atoms. The Kier molecular flexibility index (Phi) is 8.98. The molecule has 2 amide bonds. The van der Waals surface area contributed by atoms with Crippen LogP contribution in [0.25, 0.3) is 0 Å². The lowest BCUT2D eigenvalue weighted by molar-refractivity contribution is -0.123. The van der Waals surface area contributed by atoms with Gasteiger partial charge in [-0.25, -0.2) is 0 Å². The molecule has 2 atom stereocenters. The second-order valence-electron chi connectivity index (χ2n) is 7.03. The smallest absolute Gasteiger partial charge is 0.288 e. The number of alkyl halides is 2. The Balaban J connectivity index is 0.00000280. The van der Waals surface area contributed by atoms with Crippen LogP contribution in [0.1, 0.15) is 36.0 Å². The van der Waals surface area contributed by atoms with Gasteiger partial charge < -0.3 is 15.5 Å². The molecule has 2 aliphatic rings. The molecule has 2 aliphatic heterocycles. The molecule has 156 valence electrons. The summed E-state index contributed by atoms with van der Waals surface area (Å²) in [6.07, 6.45) is 3.66. The number of thioether (sulfide) groups is 1. The standard InChI is InChI=1S/C19H25F2N3O2S.ClH/c20-19(21)27-16-8-2-1-6-14(16)18(26)24-10-4-5-13(12-24)11-23-17(25)15-7-3-9-22-15;/h1-2,6,8,13,15,19,22H,3-5,7,9-12H2,(H,23,25);1H. The Morgan fingerprint density at radius 1 is 1.25 bits per heavy atom. The third-order valence-electron chi connectivity index (χ3n) is 5.08. The minimum atomic E-state index is -2.56. The first-order valence-corrected chi connectivity index (χ1v) is 10.3. The van der Waals surface area contributed by atoms with E-state index in [9.17, 15) is 18.4 Å². The number of benzene rings is 1. The number of rotatable bonds is 6. The number of halogens is 3. The maximum absolute atomic E-state index is 12.9. The number of carbonyl (C=O) groups excluding carboxylic acids is 2. The topological polar surface area (TPSA) is 61.4 Å². The molecule has 0 spiro atoms. The third kappa shape index (κ3) is 6.06. The number of nitrogens with one attached hydrogen (secondary N) is 2. The summed E-state index contributed by atoms with van der Waals surface area (Å²) >= 11 is 0.402. The number of piperidine rings is 1. The zero-order valence-corrected chi connectivity index (χ0v) is 17.2. The van der Waals surface area contributed by atoms with Crippen LogP contribution in [0.3, 0.4) is 0 Å².